The van der Waals surface area contributed by atoms with E-state index in [4.69, 9.17) is 0 Å². The first-order chi connectivity index (χ1) is 7.47. The minimum Gasteiger partial charge on any atom is -0.507 e. The largest absolute Gasteiger partial charge is 0.507 e. The third kappa shape index (κ3) is 2.31. The Hall–Kier alpha value is -2.04. The third-order valence-electron chi connectivity index (χ3n) is 2.12. The number of aromatic hydroxyl groups is 1. The van der Waals surface area contributed by atoms with E-state index in [0.717, 1.165) is 0 Å². The highest BCUT2D eigenvalue weighted by atomic mass is 16.3. The van der Waals surface area contributed by atoms with Gasteiger partial charge in [0, 0.05) is 26.7 Å². The molecule has 1 aromatic carbocycles. The van der Waals surface area contributed by atoms with Crippen LogP contribution in [-0.4, -0.2) is 43.0 Å². The lowest BCUT2D eigenvalue weighted by molar-refractivity contribution is 0.0823. The molecule has 0 aliphatic rings. The second kappa shape index (κ2) is 4.65. The van der Waals surface area contributed by atoms with E-state index < -0.39 is 0 Å². The number of rotatable bonds is 2. The second-order valence-electron chi connectivity index (χ2n) is 3.51. The van der Waals surface area contributed by atoms with Crippen LogP contribution in [0.15, 0.2) is 18.2 Å². The number of hydrogen-bond acceptors (Lipinski definition) is 3. The van der Waals surface area contributed by atoms with Crippen molar-refractivity contribution in [2.75, 3.05) is 21.1 Å². The average molecular weight is 222 g/mol. The van der Waals surface area contributed by atoms with Gasteiger partial charge in [0.1, 0.15) is 5.75 Å². The maximum Gasteiger partial charge on any atom is 0.257 e. The Morgan fingerprint density at radius 1 is 1.31 bits per heavy atom. The van der Waals surface area contributed by atoms with Crippen molar-refractivity contribution in [2.24, 2.45) is 0 Å². The van der Waals surface area contributed by atoms with Gasteiger partial charge in [0.15, 0.2) is 0 Å². The minimum atomic E-state index is -0.306. The number of amides is 2. The second-order valence-corrected chi connectivity index (χ2v) is 3.51. The summed E-state index contributed by atoms with van der Waals surface area (Å²) in [7, 11) is 4.68. The van der Waals surface area contributed by atoms with E-state index in [1.807, 2.05) is 0 Å². The van der Waals surface area contributed by atoms with Crippen LogP contribution < -0.4 is 5.32 Å². The molecular weight excluding hydrogens is 208 g/mol. The third-order valence-corrected chi connectivity index (χ3v) is 2.12. The molecule has 16 heavy (non-hydrogen) atoms. The Bertz CT molecular complexity index is 427. The Kier molecular flexibility index (Phi) is 3.50. The molecule has 0 bridgehead atoms. The highest BCUT2D eigenvalue weighted by Gasteiger charge is 2.14. The molecule has 0 heterocycles. The van der Waals surface area contributed by atoms with Crippen molar-refractivity contribution in [1.29, 1.82) is 0 Å². The van der Waals surface area contributed by atoms with Gasteiger partial charge in [0.05, 0.1) is 5.56 Å². The molecule has 5 nitrogen and oxygen atoms in total. The summed E-state index contributed by atoms with van der Waals surface area (Å²) in [6.07, 6.45) is 0. The zero-order valence-corrected chi connectivity index (χ0v) is 9.44. The fourth-order valence-corrected chi connectivity index (χ4v) is 1.24. The highest BCUT2D eigenvalue weighted by molar-refractivity contribution is 5.99. The summed E-state index contributed by atoms with van der Waals surface area (Å²) < 4.78 is 0. The molecule has 0 atom stereocenters. The van der Waals surface area contributed by atoms with E-state index in [1.54, 1.807) is 14.1 Å². The van der Waals surface area contributed by atoms with Crippen molar-refractivity contribution in [3.63, 3.8) is 0 Å². The van der Waals surface area contributed by atoms with Crippen LogP contribution in [0.25, 0.3) is 0 Å². The van der Waals surface area contributed by atoms with Crippen LogP contribution in [-0.2, 0) is 0 Å². The molecule has 2 amide bonds. The molecule has 86 valence electrons. The fraction of sp³-hybridized carbons (Fsp3) is 0.273. The van der Waals surface area contributed by atoms with E-state index >= 15 is 0 Å². The molecule has 2 N–H and O–H groups in total. The Morgan fingerprint density at radius 3 is 2.38 bits per heavy atom. The molecule has 0 aliphatic heterocycles. The van der Waals surface area contributed by atoms with Gasteiger partial charge in [-0.05, 0) is 18.2 Å². The zero-order chi connectivity index (χ0) is 12.3. The topological polar surface area (TPSA) is 69.6 Å². The number of nitrogens with one attached hydrogen (secondary N) is 1. The Labute approximate surface area is 93.7 Å². The van der Waals surface area contributed by atoms with Crippen molar-refractivity contribution in [2.45, 2.75) is 0 Å². The molecule has 0 spiro atoms. The molecule has 0 saturated heterocycles. The summed E-state index contributed by atoms with van der Waals surface area (Å²) in [4.78, 5) is 24.2. The summed E-state index contributed by atoms with van der Waals surface area (Å²) in [5.41, 5.74) is 0.493. The van der Waals surface area contributed by atoms with Crippen LogP contribution in [0, 0.1) is 0 Å². The molecule has 5 heteroatoms. The van der Waals surface area contributed by atoms with E-state index in [0.29, 0.717) is 5.56 Å². The standard InChI is InChI=1S/C11H14N2O3/c1-12-10(15)7-4-5-8(9(14)6-7)11(16)13(2)3/h4-6,14H,1-3H3,(H,12,15). The Balaban J connectivity index is 3.10. The van der Waals surface area contributed by atoms with Gasteiger partial charge in [-0.3, -0.25) is 9.59 Å². The summed E-state index contributed by atoms with van der Waals surface area (Å²) in [6.45, 7) is 0. The molecule has 0 radical (unpaired) electrons. The van der Waals surface area contributed by atoms with Gasteiger partial charge in [-0.15, -0.1) is 0 Å². The summed E-state index contributed by atoms with van der Waals surface area (Å²) in [5.74, 6) is -0.806. The molecule has 0 aromatic heterocycles. The number of phenolic OH excluding ortho intramolecular Hbond substituents is 1. The van der Waals surface area contributed by atoms with Gasteiger partial charge >= 0.3 is 0 Å². The lowest BCUT2D eigenvalue weighted by atomic mass is 10.1. The van der Waals surface area contributed by atoms with Crippen molar-refractivity contribution >= 4 is 11.8 Å². The number of carbonyl (C=O) groups excluding carboxylic acids is 2. The van der Waals surface area contributed by atoms with Crippen LogP contribution in [0.2, 0.25) is 0 Å². The zero-order valence-electron chi connectivity index (χ0n) is 9.44. The van der Waals surface area contributed by atoms with E-state index in [1.165, 1.54) is 30.1 Å². The van der Waals surface area contributed by atoms with E-state index in [-0.39, 0.29) is 23.1 Å². The SMILES string of the molecule is CNC(=O)c1ccc(C(=O)N(C)C)c(O)c1. The first-order valence-corrected chi connectivity index (χ1v) is 4.74. The molecule has 0 saturated carbocycles. The Morgan fingerprint density at radius 2 is 1.94 bits per heavy atom. The van der Waals surface area contributed by atoms with Gasteiger partial charge in [0.2, 0.25) is 0 Å². The normalized spacial score (nSPS) is 9.69. The van der Waals surface area contributed by atoms with E-state index in [9.17, 15) is 14.7 Å². The number of benzene rings is 1. The van der Waals surface area contributed by atoms with Gasteiger partial charge in [-0.1, -0.05) is 0 Å². The minimum absolute atomic E-state index is 0.178. The number of nitrogens with zero attached hydrogens (tertiary/aromatic N) is 1. The van der Waals surface area contributed by atoms with Crippen molar-refractivity contribution in [1.82, 2.24) is 10.2 Å². The fourth-order valence-electron chi connectivity index (χ4n) is 1.24. The molecule has 0 aliphatic carbocycles. The van der Waals surface area contributed by atoms with Gasteiger partial charge in [-0.25, -0.2) is 0 Å². The first-order valence-electron chi connectivity index (χ1n) is 4.74. The van der Waals surface area contributed by atoms with Gasteiger partial charge < -0.3 is 15.3 Å². The van der Waals surface area contributed by atoms with Gasteiger partial charge in [0.25, 0.3) is 11.8 Å². The summed E-state index contributed by atoms with van der Waals surface area (Å²) in [6, 6.07) is 4.20. The average Bonchev–Trinajstić information content (AvgIpc) is 2.26. The first kappa shape index (κ1) is 12.0. The quantitative estimate of drug-likeness (QED) is 0.763. The van der Waals surface area contributed by atoms with Crippen molar-refractivity contribution in [3.8, 4) is 5.75 Å². The number of carbonyl (C=O) groups is 2. The lowest BCUT2D eigenvalue weighted by Gasteiger charge is -2.11. The van der Waals surface area contributed by atoms with Crippen LogP contribution in [0.5, 0.6) is 5.75 Å². The molecule has 1 aromatic rings. The molecular formula is C11H14N2O3. The molecule has 1 rings (SSSR count). The van der Waals surface area contributed by atoms with Crippen LogP contribution in [0.1, 0.15) is 20.7 Å². The summed E-state index contributed by atoms with van der Waals surface area (Å²) in [5, 5.41) is 12.1. The summed E-state index contributed by atoms with van der Waals surface area (Å²) >= 11 is 0. The maximum atomic E-state index is 11.6. The van der Waals surface area contributed by atoms with Crippen molar-refractivity contribution < 1.29 is 14.7 Å². The number of hydrogen-bond donors (Lipinski definition) is 2. The maximum absolute atomic E-state index is 11.6. The van der Waals surface area contributed by atoms with Gasteiger partial charge in [-0.2, -0.15) is 0 Å². The lowest BCUT2D eigenvalue weighted by Crippen LogP contribution is -2.22. The van der Waals surface area contributed by atoms with E-state index in [2.05, 4.69) is 5.32 Å². The van der Waals surface area contributed by atoms with Crippen LogP contribution >= 0.6 is 0 Å². The molecule has 0 fully saturated rings. The van der Waals surface area contributed by atoms with Crippen LogP contribution in [0.3, 0.4) is 0 Å². The number of phenols is 1. The van der Waals surface area contributed by atoms with Crippen molar-refractivity contribution in [3.05, 3.63) is 29.3 Å². The monoisotopic (exact) mass is 222 g/mol. The molecule has 0 unspecified atom stereocenters. The highest BCUT2D eigenvalue weighted by Crippen LogP contribution is 2.19. The predicted octanol–water partition coefficient (Wildman–Crippen LogP) is 0.454. The van der Waals surface area contributed by atoms with Crippen LogP contribution in [0.4, 0.5) is 0 Å². The smallest absolute Gasteiger partial charge is 0.257 e. The predicted molar refractivity (Wildman–Crippen MR) is 59.5 cm³/mol.